The van der Waals surface area contributed by atoms with Crippen molar-refractivity contribution in [3.05, 3.63) is 0 Å². The van der Waals surface area contributed by atoms with E-state index in [1.807, 2.05) is 6.07 Å². The van der Waals surface area contributed by atoms with Crippen molar-refractivity contribution in [3.8, 4) is 6.07 Å². The van der Waals surface area contributed by atoms with E-state index < -0.39 is 12.1 Å². The Kier molecular flexibility index (Phi) is 4.12. The second kappa shape index (κ2) is 5.91. The Morgan fingerprint density at radius 1 is 1.23 bits per heavy atom. The van der Waals surface area contributed by atoms with E-state index >= 15 is 0 Å². The van der Waals surface area contributed by atoms with E-state index in [-0.39, 0.29) is 17.9 Å². The molecular formula is C17H24N2O3. The summed E-state index contributed by atoms with van der Waals surface area (Å²) in [6, 6.07) is 1.83. The molecule has 0 aromatic rings. The van der Waals surface area contributed by atoms with Crippen LogP contribution in [0.25, 0.3) is 0 Å². The van der Waals surface area contributed by atoms with Gasteiger partial charge in [-0.1, -0.05) is 0 Å². The van der Waals surface area contributed by atoms with Crippen LogP contribution in [0.3, 0.4) is 0 Å². The zero-order valence-corrected chi connectivity index (χ0v) is 13.1. The molecule has 4 saturated carbocycles. The predicted octanol–water partition coefficient (Wildman–Crippen LogP) is 2.16. The van der Waals surface area contributed by atoms with Crippen LogP contribution in [0.4, 0.5) is 0 Å². The highest BCUT2D eigenvalue weighted by molar-refractivity contribution is 5.82. The van der Waals surface area contributed by atoms with E-state index in [1.165, 1.54) is 45.4 Å². The lowest BCUT2D eigenvalue weighted by Crippen LogP contribution is -2.48. The number of esters is 1. The minimum Gasteiger partial charge on any atom is -0.446 e. The summed E-state index contributed by atoms with van der Waals surface area (Å²) >= 11 is 0. The fraction of sp³-hybridized carbons (Fsp3) is 0.824. The first-order chi connectivity index (χ1) is 10.5. The highest BCUT2D eigenvalue weighted by Crippen LogP contribution is 2.61. The number of nitrogens with one attached hydrogen (secondary N) is 1. The molecule has 0 radical (unpaired) electrons. The van der Waals surface area contributed by atoms with Gasteiger partial charge < -0.3 is 10.1 Å². The molecule has 4 aliphatic rings. The number of hydrogen-bond donors (Lipinski definition) is 1. The zero-order valence-electron chi connectivity index (χ0n) is 13.1. The minimum absolute atomic E-state index is 0.0523. The highest BCUT2D eigenvalue weighted by Gasteiger charge is 2.51. The van der Waals surface area contributed by atoms with E-state index in [2.05, 4.69) is 5.32 Å². The SMILES string of the molecule is C[C@H](C#N)OC(=O)CNC(=O)CC12CC3CC(CC(C3)C1)C2. The van der Waals surface area contributed by atoms with Crippen molar-refractivity contribution in [2.75, 3.05) is 6.54 Å². The Bertz CT molecular complexity index is 473. The van der Waals surface area contributed by atoms with Gasteiger partial charge in [-0.2, -0.15) is 5.26 Å². The Hall–Kier alpha value is -1.57. The maximum atomic E-state index is 12.2. The van der Waals surface area contributed by atoms with Crippen molar-refractivity contribution in [1.82, 2.24) is 5.32 Å². The monoisotopic (exact) mass is 304 g/mol. The smallest absolute Gasteiger partial charge is 0.326 e. The van der Waals surface area contributed by atoms with Crippen molar-refractivity contribution in [3.63, 3.8) is 0 Å². The summed E-state index contributed by atoms with van der Waals surface area (Å²) in [5.74, 6) is 1.86. The van der Waals surface area contributed by atoms with Gasteiger partial charge in [0, 0.05) is 6.42 Å². The molecule has 0 saturated heterocycles. The molecule has 120 valence electrons. The third kappa shape index (κ3) is 3.26. The molecule has 0 aliphatic heterocycles. The Morgan fingerprint density at radius 3 is 2.27 bits per heavy atom. The van der Waals surface area contributed by atoms with Gasteiger partial charge in [-0.3, -0.25) is 9.59 Å². The average Bonchev–Trinajstić information content (AvgIpc) is 2.43. The molecule has 1 atom stereocenters. The van der Waals surface area contributed by atoms with E-state index in [0.29, 0.717) is 6.42 Å². The summed E-state index contributed by atoms with van der Waals surface area (Å²) in [4.78, 5) is 23.7. The summed E-state index contributed by atoms with van der Waals surface area (Å²) in [6.45, 7) is 1.37. The largest absolute Gasteiger partial charge is 0.446 e. The lowest BCUT2D eigenvalue weighted by Gasteiger charge is -2.56. The van der Waals surface area contributed by atoms with Crippen molar-refractivity contribution in [2.24, 2.45) is 23.2 Å². The number of ether oxygens (including phenoxy) is 1. The fourth-order valence-electron chi connectivity index (χ4n) is 5.35. The number of nitriles is 1. The molecule has 4 rings (SSSR count). The standard InChI is InChI=1S/C17H24N2O3/c1-11(9-18)22-16(21)10-19-15(20)8-17-5-12-2-13(6-17)4-14(3-12)7-17/h11-14H,2-8,10H2,1H3,(H,19,20)/t11-,12?,13?,14?,17?/m1/s1. The molecule has 0 aromatic carbocycles. The second-order valence-corrected chi connectivity index (χ2v) is 7.63. The first-order valence-electron chi connectivity index (χ1n) is 8.34. The fourth-order valence-corrected chi connectivity index (χ4v) is 5.35. The number of rotatable bonds is 5. The molecule has 0 aromatic heterocycles. The molecule has 22 heavy (non-hydrogen) atoms. The summed E-state index contributed by atoms with van der Waals surface area (Å²) < 4.78 is 4.83. The molecule has 0 unspecified atom stereocenters. The van der Waals surface area contributed by atoms with Crippen LogP contribution in [0.15, 0.2) is 0 Å². The lowest BCUT2D eigenvalue weighted by molar-refractivity contribution is -0.146. The van der Waals surface area contributed by atoms with Crippen molar-refractivity contribution in [2.45, 2.75) is 58.0 Å². The topological polar surface area (TPSA) is 79.2 Å². The summed E-state index contributed by atoms with van der Waals surface area (Å²) in [5, 5.41) is 11.3. The molecule has 0 heterocycles. The van der Waals surface area contributed by atoms with Crippen LogP contribution < -0.4 is 5.32 Å². The molecule has 4 bridgehead atoms. The second-order valence-electron chi connectivity index (χ2n) is 7.63. The summed E-state index contributed by atoms with van der Waals surface area (Å²) in [7, 11) is 0. The van der Waals surface area contributed by atoms with Gasteiger partial charge in [0.15, 0.2) is 6.10 Å². The van der Waals surface area contributed by atoms with Crippen LogP contribution in [0.5, 0.6) is 0 Å². The van der Waals surface area contributed by atoms with Crippen molar-refractivity contribution < 1.29 is 14.3 Å². The molecule has 0 spiro atoms. The molecule has 4 fully saturated rings. The van der Waals surface area contributed by atoms with Crippen LogP contribution in [0, 0.1) is 34.5 Å². The normalized spacial score (nSPS) is 36.5. The Balaban J connectivity index is 1.48. The zero-order chi connectivity index (χ0) is 15.7. The maximum Gasteiger partial charge on any atom is 0.326 e. The van der Waals surface area contributed by atoms with E-state index in [0.717, 1.165) is 17.8 Å². The predicted molar refractivity (Wildman–Crippen MR) is 79.4 cm³/mol. The van der Waals surface area contributed by atoms with Gasteiger partial charge in [0.2, 0.25) is 5.91 Å². The van der Waals surface area contributed by atoms with Gasteiger partial charge in [0.1, 0.15) is 12.6 Å². The molecule has 1 N–H and O–H groups in total. The van der Waals surface area contributed by atoms with Crippen LogP contribution in [-0.2, 0) is 14.3 Å². The van der Waals surface area contributed by atoms with Crippen LogP contribution in [0.1, 0.15) is 51.9 Å². The number of amides is 1. The molecule has 1 amide bonds. The van der Waals surface area contributed by atoms with E-state index in [9.17, 15) is 9.59 Å². The Labute approximate surface area is 131 Å². The molecular weight excluding hydrogens is 280 g/mol. The number of nitrogens with zero attached hydrogens (tertiary/aromatic N) is 1. The van der Waals surface area contributed by atoms with E-state index in [4.69, 9.17) is 10.00 Å². The number of hydrogen-bond acceptors (Lipinski definition) is 4. The van der Waals surface area contributed by atoms with Gasteiger partial charge in [-0.15, -0.1) is 0 Å². The van der Waals surface area contributed by atoms with Crippen LogP contribution in [-0.4, -0.2) is 24.5 Å². The molecule has 5 heteroatoms. The highest BCUT2D eigenvalue weighted by atomic mass is 16.5. The van der Waals surface area contributed by atoms with Crippen LogP contribution in [0.2, 0.25) is 0 Å². The third-order valence-corrected chi connectivity index (χ3v) is 5.62. The summed E-state index contributed by atoms with van der Waals surface area (Å²) in [5.41, 5.74) is 0.183. The first-order valence-corrected chi connectivity index (χ1v) is 8.34. The molecule has 5 nitrogen and oxygen atoms in total. The first kappa shape index (κ1) is 15.3. The van der Waals surface area contributed by atoms with Crippen molar-refractivity contribution in [1.29, 1.82) is 5.26 Å². The maximum absolute atomic E-state index is 12.2. The Morgan fingerprint density at radius 2 is 1.77 bits per heavy atom. The van der Waals surface area contributed by atoms with Gasteiger partial charge in [0.25, 0.3) is 0 Å². The van der Waals surface area contributed by atoms with Crippen LogP contribution >= 0.6 is 0 Å². The minimum atomic E-state index is -0.771. The van der Waals surface area contributed by atoms with Crippen molar-refractivity contribution >= 4 is 11.9 Å². The number of carbonyl (C=O) groups is 2. The van der Waals surface area contributed by atoms with Gasteiger partial charge in [-0.05, 0) is 68.6 Å². The lowest BCUT2D eigenvalue weighted by atomic mass is 9.49. The van der Waals surface area contributed by atoms with Gasteiger partial charge in [-0.25, -0.2) is 0 Å². The van der Waals surface area contributed by atoms with Gasteiger partial charge in [0.05, 0.1) is 0 Å². The number of carbonyl (C=O) groups excluding carboxylic acids is 2. The average molecular weight is 304 g/mol. The quantitative estimate of drug-likeness (QED) is 0.789. The van der Waals surface area contributed by atoms with Gasteiger partial charge >= 0.3 is 5.97 Å². The molecule has 4 aliphatic carbocycles. The third-order valence-electron chi connectivity index (χ3n) is 5.62. The van der Waals surface area contributed by atoms with E-state index in [1.54, 1.807) is 0 Å². The summed E-state index contributed by atoms with van der Waals surface area (Å²) in [6.07, 6.45) is 7.40.